The molecule has 0 aliphatic carbocycles. The van der Waals surface area contributed by atoms with Crippen LogP contribution in [0.4, 0.5) is 5.69 Å². The Bertz CT molecular complexity index is 1140. The molecule has 3 aromatic carbocycles. The van der Waals surface area contributed by atoms with E-state index in [1.54, 1.807) is 31.4 Å². The number of anilines is 1. The Morgan fingerprint density at radius 3 is 2.00 bits per heavy atom. The number of carbonyl (C=O) groups is 2. The smallest absolute Gasteiger partial charge is 0.278 e. The maximum Gasteiger partial charge on any atom is 0.278 e. The van der Waals surface area contributed by atoms with Crippen LogP contribution in [0.2, 0.25) is 0 Å². The van der Waals surface area contributed by atoms with Gasteiger partial charge in [-0.2, -0.15) is 0 Å². The van der Waals surface area contributed by atoms with Crippen LogP contribution >= 0.6 is 0 Å². The second-order valence-corrected chi connectivity index (χ2v) is 7.46. The van der Waals surface area contributed by atoms with E-state index in [0.29, 0.717) is 23.6 Å². The quantitative estimate of drug-likeness (QED) is 0.460. The summed E-state index contributed by atoms with van der Waals surface area (Å²) in [5, 5.41) is 0. The summed E-state index contributed by atoms with van der Waals surface area (Å²) < 4.78 is 10.9. The fraction of sp³-hybridized carbons (Fsp3) is 0.185. The van der Waals surface area contributed by atoms with Gasteiger partial charge >= 0.3 is 0 Å². The normalized spacial score (nSPS) is 13.5. The Morgan fingerprint density at radius 2 is 1.39 bits per heavy atom. The number of hydrogen-bond donors (Lipinski definition) is 0. The van der Waals surface area contributed by atoms with E-state index in [0.717, 1.165) is 17.0 Å². The first-order chi connectivity index (χ1) is 16.1. The number of hydrogen-bond acceptors (Lipinski definition) is 5. The van der Waals surface area contributed by atoms with E-state index < -0.39 is 0 Å². The molecule has 6 nitrogen and oxygen atoms in total. The van der Waals surface area contributed by atoms with Gasteiger partial charge in [0.05, 0.1) is 19.2 Å². The number of likely N-dealkylation sites (N-methyl/N-ethyl adjacent to an activating group) is 1. The van der Waals surface area contributed by atoms with Gasteiger partial charge in [-0.25, -0.2) is 0 Å². The summed E-state index contributed by atoms with van der Waals surface area (Å²) in [7, 11) is 1.60. The highest BCUT2D eigenvalue weighted by Crippen LogP contribution is 2.34. The van der Waals surface area contributed by atoms with E-state index in [4.69, 9.17) is 9.47 Å². The Kier molecular flexibility index (Phi) is 6.74. The molecule has 33 heavy (non-hydrogen) atoms. The first kappa shape index (κ1) is 22.1. The molecular formula is C27H26N2O4. The molecule has 0 bridgehead atoms. The third-order valence-electron chi connectivity index (χ3n) is 5.50. The molecule has 6 heteroatoms. The zero-order valence-corrected chi connectivity index (χ0v) is 18.7. The van der Waals surface area contributed by atoms with Crippen molar-refractivity contribution in [1.29, 1.82) is 0 Å². The number of methoxy groups -OCH3 is 1. The topological polar surface area (TPSA) is 59.1 Å². The Morgan fingerprint density at radius 1 is 0.788 bits per heavy atom. The minimum absolute atomic E-state index is 0.149. The minimum Gasteiger partial charge on any atom is -0.497 e. The van der Waals surface area contributed by atoms with Crippen molar-refractivity contribution in [2.24, 2.45) is 0 Å². The molecule has 0 radical (unpaired) electrons. The zero-order valence-electron chi connectivity index (χ0n) is 18.7. The number of imide groups is 1. The lowest BCUT2D eigenvalue weighted by molar-refractivity contribution is -0.137. The van der Waals surface area contributed by atoms with Crippen molar-refractivity contribution in [1.82, 2.24) is 4.90 Å². The monoisotopic (exact) mass is 442 g/mol. The van der Waals surface area contributed by atoms with Gasteiger partial charge in [0.1, 0.15) is 23.8 Å². The molecule has 0 saturated carbocycles. The van der Waals surface area contributed by atoms with Crippen molar-refractivity contribution in [2.75, 3.05) is 31.7 Å². The maximum atomic E-state index is 13.5. The van der Waals surface area contributed by atoms with E-state index in [2.05, 4.69) is 0 Å². The van der Waals surface area contributed by atoms with E-state index in [1.807, 2.05) is 72.5 Å². The van der Waals surface area contributed by atoms with Gasteiger partial charge in [0.25, 0.3) is 11.8 Å². The predicted octanol–water partition coefficient (Wildman–Crippen LogP) is 4.38. The predicted molar refractivity (Wildman–Crippen MR) is 128 cm³/mol. The van der Waals surface area contributed by atoms with Crippen LogP contribution in [-0.2, 0) is 9.59 Å². The van der Waals surface area contributed by atoms with Gasteiger partial charge in [-0.05, 0) is 48.9 Å². The second kappa shape index (κ2) is 10.0. The lowest BCUT2D eigenvalue weighted by Crippen LogP contribution is -2.37. The van der Waals surface area contributed by atoms with Crippen molar-refractivity contribution < 1.29 is 19.1 Å². The van der Waals surface area contributed by atoms with Crippen molar-refractivity contribution >= 4 is 23.1 Å². The second-order valence-electron chi connectivity index (χ2n) is 7.46. The number of carbonyl (C=O) groups excluding carboxylic acids is 2. The van der Waals surface area contributed by atoms with E-state index in [-0.39, 0.29) is 25.0 Å². The number of rotatable bonds is 9. The molecule has 0 spiro atoms. The number of para-hydroxylation sites is 1. The molecule has 3 aromatic rings. The number of benzene rings is 3. The van der Waals surface area contributed by atoms with Crippen LogP contribution in [0.1, 0.15) is 12.5 Å². The Labute approximate surface area is 193 Å². The summed E-state index contributed by atoms with van der Waals surface area (Å²) in [6, 6.07) is 26.2. The van der Waals surface area contributed by atoms with Crippen LogP contribution in [0.5, 0.6) is 11.5 Å². The van der Waals surface area contributed by atoms with Crippen molar-refractivity contribution in [3.63, 3.8) is 0 Å². The van der Waals surface area contributed by atoms with Gasteiger partial charge in [0.15, 0.2) is 0 Å². The van der Waals surface area contributed by atoms with Gasteiger partial charge in [-0.3, -0.25) is 14.5 Å². The summed E-state index contributed by atoms with van der Waals surface area (Å²) in [4.78, 5) is 30.2. The minimum atomic E-state index is -0.317. The summed E-state index contributed by atoms with van der Waals surface area (Å²) in [5.41, 5.74) is 2.39. The Balaban J connectivity index is 1.60. The average molecular weight is 443 g/mol. The van der Waals surface area contributed by atoms with Crippen LogP contribution < -0.4 is 14.4 Å². The van der Waals surface area contributed by atoms with Gasteiger partial charge in [-0.15, -0.1) is 0 Å². The fourth-order valence-electron chi connectivity index (χ4n) is 3.89. The van der Waals surface area contributed by atoms with Crippen LogP contribution in [0.3, 0.4) is 0 Å². The van der Waals surface area contributed by atoms with Crippen molar-refractivity contribution in [3.8, 4) is 11.5 Å². The summed E-state index contributed by atoms with van der Waals surface area (Å²) >= 11 is 0. The number of ether oxygens (including phenoxy) is 2. The molecule has 0 N–H and O–H groups in total. The van der Waals surface area contributed by atoms with Crippen LogP contribution in [0.25, 0.3) is 5.57 Å². The molecule has 0 unspecified atom stereocenters. The molecule has 1 heterocycles. The highest BCUT2D eigenvalue weighted by atomic mass is 16.5. The number of nitrogens with zero attached hydrogens (tertiary/aromatic N) is 2. The largest absolute Gasteiger partial charge is 0.497 e. The lowest BCUT2D eigenvalue weighted by atomic mass is 10.0. The SMILES string of the molecule is CCN(C1=C(c2ccccc2)C(=O)N(CCOc2ccc(OC)cc2)C1=O)c1ccccc1. The number of amides is 2. The average Bonchev–Trinajstić information content (AvgIpc) is 3.11. The zero-order chi connectivity index (χ0) is 23.2. The van der Waals surface area contributed by atoms with Crippen molar-refractivity contribution in [3.05, 3.63) is 96.2 Å². The highest BCUT2D eigenvalue weighted by molar-refractivity contribution is 6.36. The van der Waals surface area contributed by atoms with Crippen molar-refractivity contribution in [2.45, 2.75) is 6.92 Å². The third kappa shape index (κ3) is 4.60. The first-order valence-electron chi connectivity index (χ1n) is 10.9. The molecule has 0 saturated heterocycles. The molecule has 0 atom stereocenters. The van der Waals surface area contributed by atoms with Gasteiger partial charge in [0.2, 0.25) is 0 Å². The molecule has 0 aromatic heterocycles. The summed E-state index contributed by atoms with van der Waals surface area (Å²) in [6.45, 7) is 2.85. The third-order valence-corrected chi connectivity index (χ3v) is 5.50. The standard InChI is InChI=1S/C27H26N2O4/c1-3-28(21-12-8-5-9-13-21)25-24(20-10-6-4-7-11-20)26(30)29(27(25)31)18-19-33-23-16-14-22(32-2)15-17-23/h4-17H,3,18-19H2,1-2H3. The van der Waals surface area contributed by atoms with Crippen LogP contribution in [0, 0.1) is 0 Å². The highest BCUT2D eigenvalue weighted by Gasteiger charge is 2.41. The van der Waals surface area contributed by atoms with Gasteiger partial charge < -0.3 is 14.4 Å². The van der Waals surface area contributed by atoms with Gasteiger partial charge in [0, 0.05) is 12.2 Å². The van der Waals surface area contributed by atoms with Crippen LogP contribution in [-0.4, -0.2) is 43.5 Å². The molecular weight excluding hydrogens is 416 g/mol. The van der Waals surface area contributed by atoms with E-state index in [1.165, 1.54) is 4.90 Å². The van der Waals surface area contributed by atoms with E-state index in [9.17, 15) is 9.59 Å². The maximum absolute atomic E-state index is 13.5. The summed E-state index contributed by atoms with van der Waals surface area (Å²) in [5.74, 6) is 0.747. The lowest BCUT2D eigenvalue weighted by Gasteiger charge is -2.25. The molecule has 2 amide bonds. The molecule has 4 rings (SSSR count). The molecule has 1 aliphatic rings. The fourth-order valence-corrected chi connectivity index (χ4v) is 3.89. The Hall–Kier alpha value is -4.06. The molecule has 1 aliphatic heterocycles. The van der Waals surface area contributed by atoms with E-state index >= 15 is 0 Å². The van der Waals surface area contributed by atoms with Gasteiger partial charge in [-0.1, -0.05) is 48.5 Å². The molecule has 168 valence electrons. The first-order valence-corrected chi connectivity index (χ1v) is 10.9. The molecule has 0 fully saturated rings. The summed E-state index contributed by atoms with van der Waals surface area (Å²) in [6.07, 6.45) is 0. The van der Waals surface area contributed by atoms with Crippen LogP contribution in [0.15, 0.2) is 90.6 Å².